The summed E-state index contributed by atoms with van der Waals surface area (Å²) in [4.78, 5) is 25.3. The number of amides is 2. The third-order valence-electron chi connectivity index (χ3n) is 3.00. The lowest BCUT2D eigenvalue weighted by Crippen LogP contribution is -2.45. The fourth-order valence-electron chi connectivity index (χ4n) is 2.07. The Balaban J connectivity index is 2.26. The molecule has 2 amide bonds. The quantitative estimate of drug-likeness (QED) is 0.924. The highest BCUT2D eigenvalue weighted by atomic mass is 19.4. The van der Waals surface area contributed by atoms with Crippen molar-refractivity contribution in [3.05, 3.63) is 29.8 Å². The highest BCUT2D eigenvalue weighted by Crippen LogP contribution is 2.24. The van der Waals surface area contributed by atoms with E-state index in [0.29, 0.717) is 0 Å². The topological polar surface area (TPSA) is 58.6 Å². The van der Waals surface area contributed by atoms with Crippen LogP contribution in [0.15, 0.2) is 24.3 Å². The average molecular weight is 302 g/mol. The normalized spacial score (nSPS) is 19.0. The molecular formula is C13H13F3N2O3. The summed E-state index contributed by atoms with van der Waals surface area (Å²) in [7, 11) is 0. The number of anilines is 1. The van der Waals surface area contributed by atoms with E-state index in [0.717, 1.165) is 4.90 Å². The molecule has 2 rings (SSSR count). The van der Waals surface area contributed by atoms with Gasteiger partial charge >= 0.3 is 6.36 Å². The molecule has 114 valence electrons. The first kappa shape index (κ1) is 15.3. The smallest absolute Gasteiger partial charge is 0.340 e. The Morgan fingerprint density at radius 2 is 1.95 bits per heavy atom. The number of carbonyl (C=O) groups excluding carboxylic acids is 2. The molecule has 0 saturated carbocycles. The van der Waals surface area contributed by atoms with Crippen LogP contribution in [0.25, 0.3) is 0 Å². The van der Waals surface area contributed by atoms with Crippen LogP contribution >= 0.6 is 0 Å². The third-order valence-corrected chi connectivity index (χ3v) is 3.00. The molecule has 0 spiro atoms. The first-order valence-corrected chi connectivity index (χ1v) is 6.21. The molecule has 1 N–H and O–H groups in total. The summed E-state index contributed by atoms with van der Waals surface area (Å²) in [6.07, 6.45) is -4.76. The second-order valence-electron chi connectivity index (χ2n) is 4.50. The van der Waals surface area contributed by atoms with Crippen molar-refractivity contribution in [2.75, 3.05) is 18.1 Å². The number of ether oxygens (including phenoxy) is 1. The summed E-state index contributed by atoms with van der Waals surface area (Å²) >= 11 is 0. The number of hydrogen-bond donors (Lipinski definition) is 1. The van der Waals surface area contributed by atoms with Crippen molar-refractivity contribution < 1.29 is 27.5 Å². The number of hydrogen-bond acceptors (Lipinski definition) is 3. The van der Waals surface area contributed by atoms with E-state index in [1.165, 1.54) is 19.1 Å². The van der Waals surface area contributed by atoms with Crippen LogP contribution in [0, 0.1) is 0 Å². The van der Waals surface area contributed by atoms with E-state index in [9.17, 15) is 22.8 Å². The van der Waals surface area contributed by atoms with Crippen molar-refractivity contribution in [3.8, 4) is 0 Å². The van der Waals surface area contributed by atoms with Crippen LogP contribution in [-0.4, -0.2) is 37.4 Å². The van der Waals surface area contributed by atoms with Crippen LogP contribution in [0.3, 0.4) is 0 Å². The number of rotatable bonds is 3. The van der Waals surface area contributed by atoms with Gasteiger partial charge in [0.15, 0.2) is 0 Å². The molecule has 0 bridgehead atoms. The molecule has 0 fully saturated rings. The molecule has 1 aliphatic heterocycles. The van der Waals surface area contributed by atoms with Crippen molar-refractivity contribution in [1.82, 2.24) is 5.32 Å². The Kier molecular flexibility index (Phi) is 4.17. The first-order chi connectivity index (χ1) is 9.79. The molecule has 0 aliphatic carbocycles. The molecule has 1 aromatic rings. The summed E-state index contributed by atoms with van der Waals surface area (Å²) < 4.78 is 39.8. The average Bonchev–Trinajstić information content (AvgIpc) is 2.49. The third kappa shape index (κ3) is 3.52. The predicted molar refractivity (Wildman–Crippen MR) is 67.7 cm³/mol. The van der Waals surface area contributed by atoms with Gasteiger partial charge in [-0.2, -0.15) is 0 Å². The van der Waals surface area contributed by atoms with E-state index in [4.69, 9.17) is 0 Å². The molecular weight excluding hydrogens is 289 g/mol. The lowest BCUT2D eigenvalue weighted by atomic mass is 10.1. The molecule has 1 atom stereocenters. The highest BCUT2D eigenvalue weighted by Gasteiger charge is 2.33. The van der Waals surface area contributed by atoms with Gasteiger partial charge in [0, 0.05) is 6.54 Å². The predicted octanol–water partition coefficient (Wildman–Crippen LogP) is 1.69. The second kappa shape index (κ2) is 5.72. The first-order valence-electron chi connectivity index (χ1n) is 6.21. The van der Waals surface area contributed by atoms with E-state index in [-0.39, 0.29) is 17.8 Å². The fraction of sp³-hybridized carbons (Fsp3) is 0.385. The minimum Gasteiger partial charge on any atom is -0.340 e. The van der Waals surface area contributed by atoms with Crippen LogP contribution in [0.2, 0.25) is 0 Å². The van der Waals surface area contributed by atoms with Crippen LogP contribution in [0.5, 0.6) is 0 Å². The molecule has 1 unspecified atom stereocenters. The van der Waals surface area contributed by atoms with Crippen LogP contribution in [-0.2, 0) is 9.53 Å². The van der Waals surface area contributed by atoms with Gasteiger partial charge in [0.2, 0.25) is 5.91 Å². The zero-order chi connectivity index (χ0) is 15.6. The molecule has 1 aliphatic rings. The summed E-state index contributed by atoms with van der Waals surface area (Å²) in [6, 6.07) is 5.42. The SMILES string of the molecule is CC1NC(=O)c2ccccc2N(CCOC(F)(F)F)C1=O. The number of halogens is 3. The van der Waals surface area contributed by atoms with Gasteiger partial charge in [-0.3, -0.25) is 14.3 Å². The molecule has 21 heavy (non-hydrogen) atoms. The van der Waals surface area contributed by atoms with Gasteiger partial charge in [-0.25, -0.2) is 0 Å². The maximum Gasteiger partial charge on any atom is 0.522 e. The summed E-state index contributed by atoms with van der Waals surface area (Å²) in [5.41, 5.74) is 0.511. The van der Waals surface area contributed by atoms with Crippen LogP contribution < -0.4 is 10.2 Å². The molecule has 0 aromatic heterocycles. The van der Waals surface area contributed by atoms with E-state index >= 15 is 0 Å². The van der Waals surface area contributed by atoms with Crippen molar-refractivity contribution in [2.24, 2.45) is 0 Å². The number of nitrogens with zero attached hydrogens (tertiary/aromatic N) is 1. The molecule has 1 heterocycles. The zero-order valence-electron chi connectivity index (χ0n) is 11.1. The number of benzene rings is 1. The Morgan fingerprint density at radius 3 is 2.62 bits per heavy atom. The number of nitrogens with one attached hydrogen (secondary N) is 1. The highest BCUT2D eigenvalue weighted by molar-refractivity contribution is 6.10. The van der Waals surface area contributed by atoms with Crippen LogP contribution in [0.4, 0.5) is 18.9 Å². The van der Waals surface area contributed by atoms with E-state index in [2.05, 4.69) is 10.1 Å². The molecule has 0 saturated heterocycles. The monoisotopic (exact) mass is 302 g/mol. The zero-order valence-corrected chi connectivity index (χ0v) is 11.1. The van der Waals surface area contributed by atoms with Crippen molar-refractivity contribution in [1.29, 1.82) is 0 Å². The molecule has 5 nitrogen and oxygen atoms in total. The summed E-state index contributed by atoms with van der Waals surface area (Å²) in [5.74, 6) is -0.926. The van der Waals surface area contributed by atoms with Gasteiger partial charge in [-0.05, 0) is 19.1 Å². The minimum absolute atomic E-state index is 0.238. The van der Waals surface area contributed by atoms with E-state index in [1.807, 2.05) is 0 Å². The standard InChI is InChI=1S/C13H13F3N2O3/c1-8-12(20)18(6-7-21-13(14,15)16)10-5-3-2-4-9(10)11(19)17-8/h2-5,8H,6-7H2,1H3,(H,17,19). The lowest BCUT2D eigenvalue weighted by molar-refractivity contribution is -0.323. The van der Waals surface area contributed by atoms with Crippen LogP contribution in [0.1, 0.15) is 17.3 Å². The van der Waals surface area contributed by atoms with Gasteiger partial charge < -0.3 is 10.2 Å². The Bertz CT molecular complexity index is 560. The largest absolute Gasteiger partial charge is 0.522 e. The Hall–Kier alpha value is -2.09. The summed E-state index contributed by atoms with van der Waals surface area (Å²) in [5, 5.41) is 2.49. The fourth-order valence-corrected chi connectivity index (χ4v) is 2.07. The van der Waals surface area contributed by atoms with Gasteiger partial charge in [-0.15, -0.1) is 13.2 Å². The van der Waals surface area contributed by atoms with Gasteiger partial charge in [-0.1, -0.05) is 12.1 Å². The minimum atomic E-state index is -4.76. The second-order valence-corrected chi connectivity index (χ2v) is 4.50. The molecule has 8 heteroatoms. The van der Waals surface area contributed by atoms with E-state index in [1.54, 1.807) is 12.1 Å². The maximum absolute atomic E-state index is 12.2. The lowest BCUT2D eigenvalue weighted by Gasteiger charge is -2.24. The molecule has 1 aromatic carbocycles. The number of para-hydroxylation sites is 1. The van der Waals surface area contributed by atoms with Gasteiger partial charge in [0.1, 0.15) is 6.04 Å². The Morgan fingerprint density at radius 1 is 1.29 bits per heavy atom. The van der Waals surface area contributed by atoms with E-state index < -0.39 is 30.8 Å². The van der Waals surface area contributed by atoms with Crippen molar-refractivity contribution in [3.63, 3.8) is 0 Å². The van der Waals surface area contributed by atoms with Gasteiger partial charge in [0.25, 0.3) is 5.91 Å². The van der Waals surface area contributed by atoms with Crippen molar-refractivity contribution in [2.45, 2.75) is 19.3 Å². The number of alkyl halides is 3. The molecule has 0 radical (unpaired) electrons. The van der Waals surface area contributed by atoms with Gasteiger partial charge in [0.05, 0.1) is 17.9 Å². The summed E-state index contributed by atoms with van der Waals surface area (Å²) in [6.45, 7) is 0.475. The number of fused-ring (bicyclic) bond motifs is 1. The van der Waals surface area contributed by atoms with Crippen molar-refractivity contribution >= 4 is 17.5 Å². The number of carbonyl (C=O) groups is 2. The Labute approximate surface area is 118 Å². The maximum atomic E-state index is 12.2.